The molecule has 182 valence electrons. The van der Waals surface area contributed by atoms with Crippen LogP contribution in [0, 0.1) is 0 Å². The third-order valence-corrected chi connectivity index (χ3v) is 5.56. The lowest BCUT2D eigenvalue weighted by atomic mass is 9.94. The highest BCUT2D eigenvalue weighted by Gasteiger charge is 2.47. The topological polar surface area (TPSA) is 88.5 Å². The maximum Gasteiger partial charge on any atom is 0.295 e. The summed E-state index contributed by atoms with van der Waals surface area (Å²) in [7, 11) is 6.84. The van der Waals surface area contributed by atoms with E-state index in [4.69, 9.17) is 14.2 Å². The van der Waals surface area contributed by atoms with Gasteiger partial charge in [-0.05, 0) is 64.3 Å². The van der Waals surface area contributed by atoms with E-state index >= 15 is 0 Å². The lowest BCUT2D eigenvalue weighted by Crippen LogP contribution is -2.35. The molecule has 0 radical (unpaired) electrons. The lowest BCUT2D eigenvalue weighted by Gasteiger charge is -2.27. The molecule has 1 saturated heterocycles. The first-order valence-electron chi connectivity index (χ1n) is 11.1. The number of Topliss-reactive ketones (excluding diaryl/α,β-unsaturated/α-hetero) is 1. The molecule has 1 fully saturated rings. The minimum absolute atomic E-state index is 0.00371. The molecule has 1 aliphatic heterocycles. The number of likely N-dealkylation sites (N-methyl/N-ethyl adjacent to an activating group) is 1. The molecular weight excluding hydrogens is 436 g/mol. The number of benzene rings is 2. The second-order valence-corrected chi connectivity index (χ2v) is 8.59. The Morgan fingerprint density at radius 3 is 2.24 bits per heavy atom. The van der Waals surface area contributed by atoms with Gasteiger partial charge in [0.05, 0.1) is 31.9 Å². The Labute approximate surface area is 200 Å². The van der Waals surface area contributed by atoms with Crippen molar-refractivity contribution < 1.29 is 28.9 Å². The Bertz CT molecular complexity index is 1080. The summed E-state index contributed by atoms with van der Waals surface area (Å²) in [5.41, 5.74) is 1.02. The Balaban J connectivity index is 2.15. The van der Waals surface area contributed by atoms with Crippen LogP contribution in [0.2, 0.25) is 0 Å². The number of carbonyl (C=O) groups excluding carboxylic acids is 2. The van der Waals surface area contributed by atoms with Gasteiger partial charge in [-0.15, -0.1) is 0 Å². The third-order valence-electron chi connectivity index (χ3n) is 5.56. The average Bonchev–Trinajstić information content (AvgIpc) is 3.06. The summed E-state index contributed by atoms with van der Waals surface area (Å²) in [6.07, 6.45) is 0.00371. The highest BCUT2D eigenvalue weighted by molar-refractivity contribution is 6.46. The predicted octanol–water partition coefficient (Wildman–Crippen LogP) is 3.47. The number of amides is 1. The van der Waals surface area contributed by atoms with Gasteiger partial charge < -0.3 is 29.1 Å². The number of likely N-dealkylation sites (tertiary alicyclic amines) is 1. The highest BCUT2D eigenvalue weighted by atomic mass is 16.5. The fourth-order valence-corrected chi connectivity index (χ4v) is 3.91. The van der Waals surface area contributed by atoms with Gasteiger partial charge >= 0.3 is 0 Å². The van der Waals surface area contributed by atoms with Crippen LogP contribution in [0.25, 0.3) is 5.76 Å². The number of aliphatic hydroxyl groups is 1. The van der Waals surface area contributed by atoms with Crippen LogP contribution < -0.4 is 14.2 Å². The molecule has 34 heavy (non-hydrogen) atoms. The molecule has 3 rings (SSSR count). The first-order chi connectivity index (χ1) is 16.2. The van der Waals surface area contributed by atoms with E-state index < -0.39 is 17.7 Å². The van der Waals surface area contributed by atoms with Crippen molar-refractivity contribution in [2.24, 2.45) is 0 Å². The molecule has 1 atom stereocenters. The molecule has 1 aliphatic rings. The van der Waals surface area contributed by atoms with Crippen LogP contribution in [0.4, 0.5) is 0 Å². The zero-order valence-electron chi connectivity index (χ0n) is 20.5. The number of ketones is 1. The summed E-state index contributed by atoms with van der Waals surface area (Å²) in [4.78, 5) is 29.7. The number of ether oxygens (including phenoxy) is 3. The van der Waals surface area contributed by atoms with Gasteiger partial charge in [0, 0.05) is 30.3 Å². The van der Waals surface area contributed by atoms with Crippen LogP contribution in [0.1, 0.15) is 31.0 Å². The smallest absolute Gasteiger partial charge is 0.295 e. The van der Waals surface area contributed by atoms with Gasteiger partial charge in [0.15, 0.2) is 0 Å². The van der Waals surface area contributed by atoms with Gasteiger partial charge in [0.1, 0.15) is 23.0 Å². The normalized spacial score (nSPS) is 17.5. The molecule has 0 unspecified atom stereocenters. The number of carbonyl (C=O) groups is 2. The van der Waals surface area contributed by atoms with E-state index in [1.54, 1.807) is 49.6 Å². The zero-order chi connectivity index (χ0) is 25.0. The maximum absolute atomic E-state index is 13.2. The summed E-state index contributed by atoms with van der Waals surface area (Å²) < 4.78 is 16.5. The standard InChI is InChI=1S/C26H32N2O6/c1-16(2)34-18-9-7-17(8-10-18)24(29)22-23(20-12-11-19(32-5)15-21(20)33-6)28(14-13-27(3)4)26(31)25(22)30/h7-12,15-16,23,29H,13-14H2,1-6H3/t23-/m0/s1. The summed E-state index contributed by atoms with van der Waals surface area (Å²) in [6, 6.07) is 11.2. The summed E-state index contributed by atoms with van der Waals surface area (Å²) in [5.74, 6) is 0.0305. The Hall–Kier alpha value is -3.52. The van der Waals surface area contributed by atoms with E-state index in [1.165, 1.54) is 12.0 Å². The number of methoxy groups -OCH3 is 2. The van der Waals surface area contributed by atoms with Crippen LogP contribution in [0.15, 0.2) is 48.0 Å². The van der Waals surface area contributed by atoms with Crippen molar-refractivity contribution in [2.75, 3.05) is 41.4 Å². The number of rotatable bonds is 9. The molecule has 0 bridgehead atoms. The Kier molecular flexibility index (Phi) is 7.83. The number of hydrogen-bond acceptors (Lipinski definition) is 7. The van der Waals surface area contributed by atoms with E-state index in [9.17, 15) is 14.7 Å². The van der Waals surface area contributed by atoms with E-state index in [0.29, 0.717) is 41.5 Å². The fourth-order valence-electron chi connectivity index (χ4n) is 3.91. The molecule has 1 amide bonds. The number of nitrogens with zero attached hydrogens (tertiary/aromatic N) is 2. The second kappa shape index (κ2) is 10.6. The zero-order valence-corrected chi connectivity index (χ0v) is 20.5. The summed E-state index contributed by atoms with van der Waals surface area (Å²) >= 11 is 0. The third kappa shape index (κ3) is 5.17. The van der Waals surface area contributed by atoms with Crippen LogP contribution >= 0.6 is 0 Å². The molecule has 0 aliphatic carbocycles. The first kappa shape index (κ1) is 25.1. The summed E-state index contributed by atoms with van der Waals surface area (Å²) in [5, 5.41) is 11.2. The van der Waals surface area contributed by atoms with Crippen molar-refractivity contribution in [3.63, 3.8) is 0 Å². The van der Waals surface area contributed by atoms with Gasteiger partial charge in [-0.3, -0.25) is 9.59 Å². The average molecular weight is 469 g/mol. The first-order valence-corrected chi connectivity index (χ1v) is 11.1. The Morgan fingerprint density at radius 2 is 1.68 bits per heavy atom. The van der Waals surface area contributed by atoms with Gasteiger partial charge in [-0.2, -0.15) is 0 Å². The fraction of sp³-hybridized carbons (Fsp3) is 0.385. The van der Waals surface area contributed by atoms with Crippen molar-refractivity contribution in [1.82, 2.24) is 9.80 Å². The van der Waals surface area contributed by atoms with Crippen LogP contribution in [-0.4, -0.2) is 74.1 Å². The summed E-state index contributed by atoms with van der Waals surface area (Å²) in [6.45, 7) is 4.69. The highest BCUT2D eigenvalue weighted by Crippen LogP contribution is 2.43. The van der Waals surface area contributed by atoms with Crippen molar-refractivity contribution >= 4 is 17.4 Å². The largest absolute Gasteiger partial charge is 0.507 e. The van der Waals surface area contributed by atoms with Crippen molar-refractivity contribution in [3.8, 4) is 17.2 Å². The molecule has 8 heteroatoms. The molecule has 1 heterocycles. The molecule has 0 spiro atoms. The van der Waals surface area contributed by atoms with Crippen LogP contribution in [0.5, 0.6) is 17.2 Å². The van der Waals surface area contributed by atoms with E-state index in [1.807, 2.05) is 32.8 Å². The van der Waals surface area contributed by atoms with Crippen LogP contribution in [0.3, 0.4) is 0 Å². The monoisotopic (exact) mass is 468 g/mol. The van der Waals surface area contributed by atoms with Gasteiger partial charge in [0.2, 0.25) is 0 Å². The molecule has 0 saturated carbocycles. The quantitative estimate of drug-likeness (QED) is 0.342. The predicted molar refractivity (Wildman–Crippen MR) is 129 cm³/mol. The maximum atomic E-state index is 13.2. The van der Waals surface area contributed by atoms with E-state index in [0.717, 1.165) is 0 Å². The van der Waals surface area contributed by atoms with E-state index in [2.05, 4.69) is 0 Å². The lowest BCUT2D eigenvalue weighted by molar-refractivity contribution is -0.140. The molecule has 8 nitrogen and oxygen atoms in total. The van der Waals surface area contributed by atoms with Crippen molar-refractivity contribution in [3.05, 3.63) is 59.2 Å². The molecule has 0 aromatic heterocycles. The van der Waals surface area contributed by atoms with Gasteiger partial charge in [0.25, 0.3) is 11.7 Å². The van der Waals surface area contributed by atoms with Crippen molar-refractivity contribution in [2.45, 2.75) is 26.0 Å². The molecule has 2 aromatic rings. The van der Waals surface area contributed by atoms with Gasteiger partial charge in [-0.1, -0.05) is 0 Å². The van der Waals surface area contributed by atoms with Gasteiger partial charge in [-0.25, -0.2) is 0 Å². The minimum atomic E-state index is -0.813. The number of aliphatic hydroxyl groups excluding tert-OH is 1. The Morgan fingerprint density at radius 1 is 1.03 bits per heavy atom. The molecule has 2 aromatic carbocycles. The SMILES string of the molecule is COc1ccc([C@H]2C(=C(O)c3ccc(OC(C)C)cc3)C(=O)C(=O)N2CCN(C)C)c(OC)c1. The van der Waals surface area contributed by atoms with E-state index in [-0.39, 0.29) is 17.4 Å². The molecular formula is C26H32N2O6. The number of hydrogen-bond donors (Lipinski definition) is 1. The second-order valence-electron chi connectivity index (χ2n) is 8.59. The minimum Gasteiger partial charge on any atom is -0.507 e. The molecule has 1 N–H and O–H groups in total. The van der Waals surface area contributed by atoms with Crippen LogP contribution in [-0.2, 0) is 9.59 Å². The van der Waals surface area contributed by atoms with Crippen molar-refractivity contribution in [1.29, 1.82) is 0 Å².